The van der Waals surface area contributed by atoms with E-state index in [9.17, 15) is 4.79 Å². The van der Waals surface area contributed by atoms with E-state index in [0.717, 1.165) is 40.7 Å². The van der Waals surface area contributed by atoms with E-state index in [4.69, 9.17) is 10.00 Å². The fourth-order valence-corrected chi connectivity index (χ4v) is 3.07. The molecule has 0 spiro atoms. The van der Waals surface area contributed by atoms with Gasteiger partial charge in [-0.1, -0.05) is 55.8 Å². The minimum Gasteiger partial charge on any atom is -0.462 e. The van der Waals surface area contributed by atoms with Crippen LogP contribution in [0.4, 0.5) is 0 Å². The Bertz CT molecular complexity index is 843. The van der Waals surface area contributed by atoms with Crippen molar-refractivity contribution in [3.05, 3.63) is 65.2 Å². The molecule has 0 heterocycles. The fourth-order valence-electron chi connectivity index (χ4n) is 3.07. The van der Waals surface area contributed by atoms with Crippen LogP contribution in [0.5, 0.6) is 0 Å². The molecule has 0 unspecified atom stereocenters. The van der Waals surface area contributed by atoms with Crippen LogP contribution in [0.15, 0.2) is 48.5 Å². The number of ether oxygens (including phenoxy) is 1. The zero-order valence-electron chi connectivity index (χ0n) is 13.7. The van der Waals surface area contributed by atoms with Gasteiger partial charge in [-0.15, -0.1) is 0 Å². The summed E-state index contributed by atoms with van der Waals surface area (Å²) < 4.78 is 5.41. The standard InChI is InChI=1S/C21H19NO2/c1-2-3-14-24-21(23)19-11-6-10-18-16(12-7-13-22)15-8-4-5-9-17(15)20(18)19/h4-6,8-12H,2-3,7,14H2,1H3. The fraction of sp³-hybridized carbons (Fsp3) is 0.238. The minimum atomic E-state index is -0.281. The maximum atomic E-state index is 12.5. The van der Waals surface area contributed by atoms with Crippen LogP contribution in [0.25, 0.3) is 16.7 Å². The van der Waals surface area contributed by atoms with Crippen LogP contribution < -0.4 is 0 Å². The first kappa shape index (κ1) is 16.0. The number of fused-ring (bicyclic) bond motifs is 3. The zero-order chi connectivity index (χ0) is 16.9. The van der Waals surface area contributed by atoms with E-state index in [2.05, 4.69) is 13.0 Å². The molecule has 0 radical (unpaired) electrons. The molecule has 1 aliphatic carbocycles. The molecule has 0 atom stereocenters. The third-order valence-corrected chi connectivity index (χ3v) is 4.19. The Kier molecular flexibility index (Phi) is 4.77. The molecule has 24 heavy (non-hydrogen) atoms. The van der Waals surface area contributed by atoms with Crippen LogP contribution in [-0.4, -0.2) is 12.6 Å². The molecule has 0 aromatic heterocycles. The van der Waals surface area contributed by atoms with Crippen LogP contribution in [-0.2, 0) is 4.74 Å². The number of benzene rings is 2. The van der Waals surface area contributed by atoms with E-state index in [0.29, 0.717) is 18.6 Å². The van der Waals surface area contributed by atoms with Crippen LogP contribution in [0.2, 0.25) is 0 Å². The predicted octanol–water partition coefficient (Wildman–Crippen LogP) is 4.97. The van der Waals surface area contributed by atoms with Crippen molar-refractivity contribution in [2.24, 2.45) is 0 Å². The molecule has 2 aromatic carbocycles. The number of unbranched alkanes of at least 4 members (excludes halogenated alkanes) is 1. The van der Waals surface area contributed by atoms with E-state index in [1.54, 1.807) is 0 Å². The molecular weight excluding hydrogens is 298 g/mol. The van der Waals surface area contributed by atoms with Gasteiger partial charge in [-0.3, -0.25) is 0 Å². The number of nitrogens with zero attached hydrogens (tertiary/aromatic N) is 1. The maximum absolute atomic E-state index is 12.5. The molecule has 0 bridgehead atoms. The average Bonchev–Trinajstić information content (AvgIpc) is 2.94. The van der Waals surface area contributed by atoms with Crippen molar-refractivity contribution in [3.63, 3.8) is 0 Å². The van der Waals surface area contributed by atoms with Crippen LogP contribution in [0.1, 0.15) is 47.7 Å². The average molecular weight is 317 g/mol. The third kappa shape index (κ3) is 2.83. The molecule has 0 saturated carbocycles. The number of nitriles is 1. The number of allylic oxidation sites excluding steroid dienone is 1. The van der Waals surface area contributed by atoms with E-state index >= 15 is 0 Å². The molecule has 0 aliphatic heterocycles. The van der Waals surface area contributed by atoms with Crippen LogP contribution >= 0.6 is 0 Å². The number of hydrogen-bond donors (Lipinski definition) is 0. The van der Waals surface area contributed by atoms with Gasteiger partial charge in [-0.2, -0.15) is 5.26 Å². The summed E-state index contributed by atoms with van der Waals surface area (Å²) in [6.45, 7) is 2.51. The van der Waals surface area contributed by atoms with E-state index in [1.807, 2.05) is 48.5 Å². The summed E-state index contributed by atoms with van der Waals surface area (Å²) in [6, 6.07) is 15.8. The smallest absolute Gasteiger partial charge is 0.338 e. The molecule has 2 aromatic rings. The second kappa shape index (κ2) is 7.14. The molecule has 0 fully saturated rings. The van der Waals surface area contributed by atoms with Crippen molar-refractivity contribution >= 4 is 11.5 Å². The lowest BCUT2D eigenvalue weighted by molar-refractivity contribution is 0.0500. The third-order valence-electron chi connectivity index (χ3n) is 4.19. The van der Waals surface area contributed by atoms with Gasteiger partial charge in [0.05, 0.1) is 24.7 Å². The van der Waals surface area contributed by atoms with Crippen molar-refractivity contribution < 1.29 is 9.53 Å². The molecule has 0 amide bonds. The maximum Gasteiger partial charge on any atom is 0.338 e. The highest BCUT2D eigenvalue weighted by Crippen LogP contribution is 2.46. The van der Waals surface area contributed by atoms with E-state index in [-0.39, 0.29) is 5.97 Å². The monoisotopic (exact) mass is 317 g/mol. The van der Waals surface area contributed by atoms with Gasteiger partial charge in [0, 0.05) is 5.56 Å². The van der Waals surface area contributed by atoms with Gasteiger partial charge in [-0.05, 0) is 34.8 Å². The Labute approximate surface area is 142 Å². The molecule has 3 nitrogen and oxygen atoms in total. The lowest BCUT2D eigenvalue weighted by atomic mass is 9.99. The summed E-state index contributed by atoms with van der Waals surface area (Å²) in [5.41, 5.74) is 5.62. The lowest BCUT2D eigenvalue weighted by Gasteiger charge is -2.09. The number of hydrogen-bond acceptors (Lipinski definition) is 3. The van der Waals surface area contributed by atoms with Gasteiger partial charge in [0.15, 0.2) is 0 Å². The van der Waals surface area contributed by atoms with Crippen LogP contribution in [0, 0.1) is 11.3 Å². The van der Waals surface area contributed by atoms with Gasteiger partial charge < -0.3 is 4.74 Å². The first-order chi connectivity index (χ1) is 11.8. The number of carbonyl (C=O) groups excluding carboxylic acids is 1. The zero-order valence-corrected chi connectivity index (χ0v) is 13.7. The summed E-state index contributed by atoms with van der Waals surface area (Å²) in [5, 5.41) is 8.92. The first-order valence-electron chi connectivity index (χ1n) is 8.25. The lowest BCUT2D eigenvalue weighted by Crippen LogP contribution is -2.08. The Hall–Kier alpha value is -2.86. The van der Waals surface area contributed by atoms with E-state index in [1.165, 1.54) is 0 Å². The highest BCUT2D eigenvalue weighted by molar-refractivity contribution is 6.09. The van der Waals surface area contributed by atoms with Gasteiger partial charge in [0.25, 0.3) is 0 Å². The SMILES string of the molecule is CCCCOC(=O)c1cccc2c1-c1ccccc1C2=CCC#N. The number of rotatable bonds is 5. The highest BCUT2D eigenvalue weighted by Gasteiger charge is 2.27. The Balaban J connectivity index is 2.09. The summed E-state index contributed by atoms with van der Waals surface area (Å²) in [6.07, 6.45) is 4.12. The summed E-state index contributed by atoms with van der Waals surface area (Å²) in [7, 11) is 0. The number of carbonyl (C=O) groups is 1. The van der Waals surface area contributed by atoms with Gasteiger partial charge >= 0.3 is 5.97 Å². The van der Waals surface area contributed by atoms with Crippen molar-refractivity contribution in [2.45, 2.75) is 26.2 Å². The molecule has 120 valence electrons. The second-order valence-electron chi connectivity index (χ2n) is 5.74. The second-order valence-corrected chi connectivity index (χ2v) is 5.74. The Morgan fingerprint density at radius 2 is 1.88 bits per heavy atom. The summed E-state index contributed by atoms with van der Waals surface area (Å²) >= 11 is 0. The Morgan fingerprint density at radius 1 is 1.12 bits per heavy atom. The van der Waals surface area contributed by atoms with Crippen molar-refractivity contribution in [2.75, 3.05) is 6.61 Å². The highest BCUT2D eigenvalue weighted by atomic mass is 16.5. The molecule has 0 N–H and O–H groups in total. The van der Waals surface area contributed by atoms with Gasteiger partial charge in [0.1, 0.15) is 0 Å². The quantitative estimate of drug-likeness (QED) is 0.493. The summed E-state index contributed by atoms with van der Waals surface area (Å²) in [5.74, 6) is -0.281. The molecule has 0 saturated heterocycles. The van der Waals surface area contributed by atoms with Gasteiger partial charge in [0.2, 0.25) is 0 Å². The van der Waals surface area contributed by atoms with Crippen molar-refractivity contribution in [1.82, 2.24) is 0 Å². The Morgan fingerprint density at radius 3 is 2.62 bits per heavy atom. The molecular formula is C21H19NO2. The molecule has 3 rings (SSSR count). The van der Waals surface area contributed by atoms with Crippen LogP contribution in [0.3, 0.4) is 0 Å². The van der Waals surface area contributed by atoms with Crippen molar-refractivity contribution in [3.8, 4) is 17.2 Å². The first-order valence-corrected chi connectivity index (χ1v) is 8.25. The predicted molar refractivity (Wildman–Crippen MR) is 94.4 cm³/mol. The molecule has 1 aliphatic rings. The van der Waals surface area contributed by atoms with E-state index < -0.39 is 0 Å². The number of esters is 1. The molecule has 3 heteroatoms. The summed E-state index contributed by atoms with van der Waals surface area (Å²) in [4.78, 5) is 12.5. The van der Waals surface area contributed by atoms with Crippen molar-refractivity contribution in [1.29, 1.82) is 5.26 Å². The minimum absolute atomic E-state index is 0.281. The normalized spacial score (nSPS) is 13.2. The largest absolute Gasteiger partial charge is 0.462 e. The topological polar surface area (TPSA) is 50.1 Å². The van der Waals surface area contributed by atoms with Gasteiger partial charge in [-0.25, -0.2) is 4.79 Å².